The van der Waals surface area contributed by atoms with Crippen LogP contribution in [0.25, 0.3) is 0 Å². The van der Waals surface area contributed by atoms with Gasteiger partial charge in [-0.05, 0) is 49.4 Å². The predicted molar refractivity (Wildman–Crippen MR) is 83.3 cm³/mol. The van der Waals surface area contributed by atoms with Crippen LogP contribution < -0.4 is 14.8 Å². The molecule has 0 atom stereocenters. The Morgan fingerprint density at radius 1 is 1.18 bits per heavy atom. The number of ether oxygens (including phenoxy) is 2. The van der Waals surface area contributed by atoms with Gasteiger partial charge in [0, 0.05) is 11.3 Å². The lowest BCUT2D eigenvalue weighted by Gasteiger charge is -2.11. The number of nitrogens with zero attached hydrogens (tertiary/aromatic N) is 1. The van der Waals surface area contributed by atoms with E-state index in [0.29, 0.717) is 34.9 Å². The Bertz CT molecular complexity index is 703. The molecule has 0 saturated carbocycles. The largest absolute Gasteiger partial charge is 0.493 e. The van der Waals surface area contributed by atoms with Crippen molar-refractivity contribution < 1.29 is 14.3 Å². The van der Waals surface area contributed by atoms with E-state index in [9.17, 15) is 4.79 Å². The third-order valence-electron chi connectivity index (χ3n) is 3.00. The average molecular weight is 296 g/mol. The maximum atomic E-state index is 12.2. The molecule has 0 aliphatic carbocycles. The minimum atomic E-state index is -0.258. The summed E-state index contributed by atoms with van der Waals surface area (Å²) >= 11 is 0. The van der Waals surface area contributed by atoms with E-state index >= 15 is 0 Å². The van der Waals surface area contributed by atoms with Gasteiger partial charge in [0.1, 0.15) is 0 Å². The SMILES string of the molecule is CCOc1ccc(C(=O)Nc2ccc(C#N)cc2)cc1OC. The van der Waals surface area contributed by atoms with Gasteiger partial charge in [0.25, 0.3) is 5.91 Å². The van der Waals surface area contributed by atoms with Gasteiger partial charge in [-0.2, -0.15) is 5.26 Å². The van der Waals surface area contributed by atoms with Crippen molar-refractivity contribution >= 4 is 11.6 Å². The van der Waals surface area contributed by atoms with Crippen LogP contribution in [-0.2, 0) is 0 Å². The van der Waals surface area contributed by atoms with Crippen molar-refractivity contribution in [3.8, 4) is 17.6 Å². The van der Waals surface area contributed by atoms with Gasteiger partial charge in [0.15, 0.2) is 11.5 Å². The van der Waals surface area contributed by atoms with Crippen LogP contribution >= 0.6 is 0 Å². The predicted octanol–water partition coefficient (Wildman–Crippen LogP) is 3.22. The first kappa shape index (κ1) is 15.4. The summed E-state index contributed by atoms with van der Waals surface area (Å²) in [5.74, 6) is 0.848. The lowest BCUT2D eigenvalue weighted by Crippen LogP contribution is -2.12. The standard InChI is InChI=1S/C17H16N2O3/c1-3-22-15-9-6-13(10-16(15)21-2)17(20)19-14-7-4-12(11-18)5-8-14/h4-10H,3H2,1-2H3,(H,19,20). The molecule has 22 heavy (non-hydrogen) atoms. The normalized spacial score (nSPS) is 9.68. The Kier molecular flexibility index (Phi) is 4.99. The molecular weight excluding hydrogens is 280 g/mol. The van der Waals surface area contributed by atoms with Crippen molar-refractivity contribution in [2.24, 2.45) is 0 Å². The fourth-order valence-corrected chi connectivity index (χ4v) is 1.91. The summed E-state index contributed by atoms with van der Waals surface area (Å²) in [5.41, 5.74) is 1.63. The van der Waals surface area contributed by atoms with Gasteiger partial charge in [-0.15, -0.1) is 0 Å². The number of hydrogen-bond acceptors (Lipinski definition) is 4. The lowest BCUT2D eigenvalue weighted by atomic mass is 10.1. The average Bonchev–Trinajstić information content (AvgIpc) is 2.56. The van der Waals surface area contributed by atoms with Crippen LogP contribution in [0.4, 0.5) is 5.69 Å². The highest BCUT2D eigenvalue weighted by Crippen LogP contribution is 2.28. The van der Waals surface area contributed by atoms with Crippen molar-refractivity contribution in [2.45, 2.75) is 6.92 Å². The van der Waals surface area contributed by atoms with E-state index in [1.807, 2.05) is 13.0 Å². The van der Waals surface area contributed by atoms with Crippen LogP contribution in [0.15, 0.2) is 42.5 Å². The van der Waals surface area contributed by atoms with Gasteiger partial charge in [-0.3, -0.25) is 4.79 Å². The first-order chi connectivity index (χ1) is 10.7. The zero-order valence-electron chi connectivity index (χ0n) is 12.4. The molecule has 0 unspecified atom stereocenters. The summed E-state index contributed by atoms with van der Waals surface area (Å²) in [4.78, 5) is 12.2. The molecule has 0 fully saturated rings. The van der Waals surface area contributed by atoms with Gasteiger partial charge in [-0.1, -0.05) is 0 Å². The van der Waals surface area contributed by atoms with Crippen molar-refractivity contribution in [1.82, 2.24) is 0 Å². The summed E-state index contributed by atoms with van der Waals surface area (Å²) in [7, 11) is 1.53. The van der Waals surface area contributed by atoms with Crippen molar-refractivity contribution in [2.75, 3.05) is 19.0 Å². The van der Waals surface area contributed by atoms with Crippen LogP contribution in [0, 0.1) is 11.3 Å². The minimum absolute atomic E-state index is 0.258. The number of benzene rings is 2. The topological polar surface area (TPSA) is 71.3 Å². The second-order valence-corrected chi connectivity index (χ2v) is 4.44. The van der Waals surface area contributed by atoms with E-state index in [4.69, 9.17) is 14.7 Å². The fraction of sp³-hybridized carbons (Fsp3) is 0.176. The van der Waals surface area contributed by atoms with Crippen LogP contribution in [0.3, 0.4) is 0 Å². The molecule has 0 radical (unpaired) electrons. The van der Waals surface area contributed by atoms with E-state index in [0.717, 1.165) is 0 Å². The molecular formula is C17H16N2O3. The van der Waals surface area contributed by atoms with Crippen LogP contribution in [0.1, 0.15) is 22.8 Å². The fourth-order valence-electron chi connectivity index (χ4n) is 1.91. The van der Waals surface area contributed by atoms with Crippen LogP contribution in [0.5, 0.6) is 11.5 Å². The highest BCUT2D eigenvalue weighted by atomic mass is 16.5. The highest BCUT2D eigenvalue weighted by Gasteiger charge is 2.11. The zero-order valence-corrected chi connectivity index (χ0v) is 12.4. The number of methoxy groups -OCH3 is 1. The lowest BCUT2D eigenvalue weighted by molar-refractivity contribution is 0.102. The minimum Gasteiger partial charge on any atom is -0.493 e. The molecule has 0 heterocycles. The van der Waals surface area contributed by atoms with E-state index in [-0.39, 0.29) is 5.91 Å². The summed E-state index contributed by atoms with van der Waals surface area (Å²) in [6.45, 7) is 2.40. The van der Waals surface area contributed by atoms with Crippen LogP contribution in [0.2, 0.25) is 0 Å². The van der Waals surface area contributed by atoms with Crippen molar-refractivity contribution in [3.05, 3.63) is 53.6 Å². The van der Waals surface area contributed by atoms with E-state index in [1.54, 1.807) is 42.5 Å². The monoisotopic (exact) mass is 296 g/mol. The number of carbonyl (C=O) groups excluding carboxylic acids is 1. The van der Waals surface area contributed by atoms with Gasteiger partial charge in [-0.25, -0.2) is 0 Å². The zero-order chi connectivity index (χ0) is 15.9. The molecule has 0 aromatic heterocycles. The Morgan fingerprint density at radius 2 is 1.91 bits per heavy atom. The van der Waals surface area contributed by atoms with Gasteiger partial charge >= 0.3 is 0 Å². The molecule has 5 nitrogen and oxygen atoms in total. The number of nitrogens with one attached hydrogen (secondary N) is 1. The van der Waals surface area contributed by atoms with E-state index in [1.165, 1.54) is 7.11 Å². The molecule has 0 aliphatic rings. The Labute approximate surface area is 129 Å². The highest BCUT2D eigenvalue weighted by molar-refractivity contribution is 6.04. The molecule has 1 amide bonds. The number of amides is 1. The summed E-state index contributed by atoms with van der Waals surface area (Å²) in [6, 6.07) is 13.7. The third-order valence-corrected chi connectivity index (χ3v) is 3.00. The first-order valence-corrected chi connectivity index (χ1v) is 6.80. The molecule has 0 spiro atoms. The molecule has 0 saturated heterocycles. The number of rotatable bonds is 5. The number of anilines is 1. The number of nitriles is 1. The quantitative estimate of drug-likeness (QED) is 0.919. The number of hydrogen-bond donors (Lipinski definition) is 1. The summed E-state index contributed by atoms with van der Waals surface area (Å²) in [6.07, 6.45) is 0. The van der Waals surface area contributed by atoms with Gasteiger partial charge < -0.3 is 14.8 Å². The second kappa shape index (κ2) is 7.14. The first-order valence-electron chi connectivity index (χ1n) is 6.80. The molecule has 112 valence electrons. The van der Waals surface area contributed by atoms with Crippen molar-refractivity contribution in [1.29, 1.82) is 5.26 Å². The summed E-state index contributed by atoms with van der Waals surface area (Å²) in [5, 5.41) is 11.5. The summed E-state index contributed by atoms with van der Waals surface area (Å²) < 4.78 is 10.6. The molecule has 2 rings (SSSR count). The Hall–Kier alpha value is -3.00. The molecule has 0 aliphatic heterocycles. The smallest absolute Gasteiger partial charge is 0.255 e. The van der Waals surface area contributed by atoms with Crippen LogP contribution in [-0.4, -0.2) is 19.6 Å². The number of carbonyl (C=O) groups is 1. The van der Waals surface area contributed by atoms with E-state index in [2.05, 4.69) is 5.32 Å². The Morgan fingerprint density at radius 3 is 2.50 bits per heavy atom. The van der Waals surface area contributed by atoms with E-state index < -0.39 is 0 Å². The van der Waals surface area contributed by atoms with Crippen molar-refractivity contribution in [3.63, 3.8) is 0 Å². The maximum absolute atomic E-state index is 12.2. The molecule has 2 aromatic rings. The van der Waals surface area contributed by atoms with Gasteiger partial charge in [0.05, 0.1) is 25.3 Å². The molecule has 2 aromatic carbocycles. The third kappa shape index (κ3) is 3.55. The molecule has 5 heteroatoms. The van der Waals surface area contributed by atoms with Gasteiger partial charge in [0.2, 0.25) is 0 Å². The maximum Gasteiger partial charge on any atom is 0.255 e. The Balaban J connectivity index is 2.16. The molecule has 1 N–H and O–H groups in total. The molecule has 0 bridgehead atoms. The second-order valence-electron chi connectivity index (χ2n) is 4.44.